The Morgan fingerprint density at radius 2 is 1.72 bits per heavy atom. The van der Waals surface area contributed by atoms with Crippen LogP contribution in [-0.2, 0) is 9.59 Å². The summed E-state index contributed by atoms with van der Waals surface area (Å²) in [5, 5.41) is 0. The Bertz CT molecular complexity index is 485. The minimum absolute atomic E-state index is 0.0487. The van der Waals surface area contributed by atoms with Crippen LogP contribution in [0, 0.1) is 25.7 Å². The number of nitrogens with zero attached hydrogens (tertiary/aromatic N) is 1. The summed E-state index contributed by atoms with van der Waals surface area (Å²) in [4.78, 5) is 25.9. The molecule has 0 saturated carbocycles. The lowest BCUT2D eigenvalue weighted by Crippen LogP contribution is -2.32. The second-order valence-corrected chi connectivity index (χ2v) is 5.36. The molecule has 1 saturated heterocycles. The third kappa shape index (κ3) is 1.94. The van der Waals surface area contributed by atoms with Gasteiger partial charge in [-0.15, -0.1) is 0 Å². The molecule has 1 aliphatic rings. The number of anilines is 1. The number of hydrogen-bond donors (Lipinski definition) is 0. The number of para-hydroxylation sites is 1. The van der Waals surface area contributed by atoms with E-state index in [1.807, 2.05) is 45.9 Å². The average molecular weight is 245 g/mol. The molecule has 0 spiro atoms. The first-order valence-corrected chi connectivity index (χ1v) is 6.36. The van der Waals surface area contributed by atoms with Gasteiger partial charge in [0.15, 0.2) is 0 Å². The molecule has 96 valence electrons. The van der Waals surface area contributed by atoms with Crippen molar-refractivity contribution >= 4 is 17.5 Å². The summed E-state index contributed by atoms with van der Waals surface area (Å²) in [6.07, 6.45) is 0.338. The van der Waals surface area contributed by atoms with Gasteiger partial charge in [0.05, 0.1) is 11.6 Å². The maximum atomic E-state index is 12.4. The van der Waals surface area contributed by atoms with Gasteiger partial charge in [-0.2, -0.15) is 0 Å². The lowest BCUT2D eigenvalue weighted by molar-refractivity contribution is -0.122. The normalized spacial score (nSPS) is 20.1. The molecule has 0 N–H and O–H groups in total. The van der Waals surface area contributed by atoms with Crippen LogP contribution in [0.3, 0.4) is 0 Å². The second kappa shape index (κ2) is 4.56. The van der Waals surface area contributed by atoms with Crippen molar-refractivity contribution in [1.82, 2.24) is 0 Å². The van der Waals surface area contributed by atoms with Gasteiger partial charge >= 0.3 is 0 Å². The fourth-order valence-electron chi connectivity index (χ4n) is 2.57. The van der Waals surface area contributed by atoms with Crippen molar-refractivity contribution in [3.05, 3.63) is 29.3 Å². The van der Waals surface area contributed by atoms with Gasteiger partial charge in [0.2, 0.25) is 11.8 Å². The van der Waals surface area contributed by atoms with Gasteiger partial charge in [-0.1, -0.05) is 32.0 Å². The summed E-state index contributed by atoms with van der Waals surface area (Å²) in [5.74, 6) is -0.0872. The Morgan fingerprint density at radius 1 is 1.17 bits per heavy atom. The Morgan fingerprint density at radius 3 is 2.17 bits per heavy atom. The SMILES string of the molecule is Cc1cccc(C)c1N1C(=O)CC(C(C)C)C1=O. The molecule has 2 rings (SSSR count). The van der Waals surface area contributed by atoms with Crippen molar-refractivity contribution in [1.29, 1.82) is 0 Å². The molecule has 1 aromatic rings. The van der Waals surface area contributed by atoms with Crippen molar-refractivity contribution in [3.8, 4) is 0 Å². The lowest BCUT2D eigenvalue weighted by atomic mass is 9.94. The number of benzene rings is 1. The van der Waals surface area contributed by atoms with Gasteiger partial charge in [-0.05, 0) is 30.9 Å². The zero-order chi connectivity index (χ0) is 13.4. The zero-order valence-electron chi connectivity index (χ0n) is 11.4. The highest BCUT2D eigenvalue weighted by Crippen LogP contribution is 2.34. The summed E-state index contributed by atoms with van der Waals surface area (Å²) in [5.41, 5.74) is 2.72. The quantitative estimate of drug-likeness (QED) is 0.751. The molecular formula is C15H19NO2. The number of carbonyl (C=O) groups is 2. The smallest absolute Gasteiger partial charge is 0.237 e. The Hall–Kier alpha value is -1.64. The van der Waals surface area contributed by atoms with Gasteiger partial charge in [-0.25, -0.2) is 4.90 Å². The molecule has 1 aromatic carbocycles. The van der Waals surface area contributed by atoms with E-state index in [4.69, 9.17) is 0 Å². The summed E-state index contributed by atoms with van der Waals surface area (Å²) in [7, 11) is 0. The molecule has 0 aliphatic carbocycles. The summed E-state index contributed by atoms with van der Waals surface area (Å²) < 4.78 is 0. The van der Waals surface area contributed by atoms with E-state index in [-0.39, 0.29) is 23.7 Å². The molecule has 1 fully saturated rings. The molecule has 1 unspecified atom stereocenters. The number of amides is 2. The maximum absolute atomic E-state index is 12.4. The van der Waals surface area contributed by atoms with Crippen molar-refractivity contribution in [2.24, 2.45) is 11.8 Å². The van der Waals surface area contributed by atoms with Crippen LogP contribution >= 0.6 is 0 Å². The highest BCUT2D eigenvalue weighted by atomic mass is 16.2. The summed E-state index contributed by atoms with van der Waals surface area (Å²) in [6, 6.07) is 5.82. The Kier molecular flexibility index (Phi) is 3.24. The van der Waals surface area contributed by atoms with E-state index in [1.165, 1.54) is 4.90 Å². The van der Waals surface area contributed by atoms with E-state index in [0.717, 1.165) is 16.8 Å². The molecule has 1 aliphatic heterocycles. The zero-order valence-corrected chi connectivity index (χ0v) is 11.4. The van der Waals surface area contributed by atoms with Crippen LogP contribution in [0.15, 0.2) is 18.2 Å². The van der Waals surface area contributed by atoms with Gasteiger partial charge in [0.25, 0.3) is 0 Å². The van der Waals surface area contributed by atoms with Crippen molar-refractivity contribution < 1.29 is 9.59 Å². The van der Waals surface area contributed by atoms with Gasteiger partial charge in [-0.3, -0.25) is 9.59 Å². The molecule has 3 heteroatoms. The predicted octanol–water partition coefficient (Wildman–Crippen LogP) is 2.84. The van der Waals surface area contributed by atoms with Gasteiger partial charge in [0.1, 0.15) is 0 Å². The van der Waals surface area contributed by atoms with Crippen molar-refractivity contribution in [3.63, 3.8) is 0 Å². The fraction of sp³-hybridized carbons (Fsp3) is 0.467. The van der Waals surface area contributed by atoms with E-state index in [0.29, 0.717) is 6.42 Å². The number of rotatable bonds is 2. The number of carbonyl (C=O) groups excluding carboxylic acids is 2. The monoisotopic (exact) mass is 245 g/mol. The highest BCUT2D eigenvalue weighted by Gasteiger charge is 2.41. The van der Waals surface area contributed by atoms with Crippen LogP contribution < -0.4 is 4.90 Å². The van der Waals surface area contributed by atoms with Crippen LogP contribution in [-0.4, -0.2) is 11.8 Å². The van der Waals surface area contributed by atoms with Crippen LogP contribution in [0.4, 0.5) is 5.69 Å². The van der Waals surface area contributed by atoms with Gasteiger partial charge < -0.3 is 0 Å². The molecule has 1 atom stereocenters. The second-order valence-electron chi connectivity index (χ2n) is 5.36. The topological polar surface area (TPSA) is 37.4 Å². The van der Waals surface area contributed by atoms with E-state index < -0.39 is 0 Å². The first-order valence-electron chi connectivity index (χ1n) is 6.36. The maximum Gasteiger partial charge on any atom is 0.237 e. The Labute approximate surface area is 108 Å². The Balaban J connectivity index is 2.46. The number of imide groups is 1. The molecule has 18 heavy (non-hydrogen) atoms. The largest absolute Gasteiger partial charge is 0.274 e. The predicted molar refractivity (Wildman–Crippen MR) is 71.4 cm³/mol. The van der Waals surface area contributed by atoms with E-state index >= 15 is 0 Å². The average Bonchev–Trinajstić information content (AvgIpc) is 2.56. The van der Waals surface area contributed by atoms with E-state index in [1.54, 1.807) is 0 Å². The lowest BCUT2D eigenvalue weighted by Gasteiger charge is -2.20. The van der Waals surface area contributed by atoms with Crippen LogP contribution in [0.25, 0.3) is 0 Å². The first-order chi connectivity index (χ1) is 8.43. The van der Waals surface area contributed by atoms with Crippen LogP contribution in [0.1, 0.15) is 31.4 Å². The summed E-state index contributed by atoms with van der Waals surface area (Å²) in [6.45, 7) is 7.85. The standard InChI is InChI=1S/C15H19NO2/c1-9(2)12-8-13(17)16(15(12)18)14-10(3)6-5-7-11(14)4/h5-7,9,12H,8H2,1-4H3. The molecule has 0 radical (unpaired) electrons. The van der Waals surface area contributed by atoms with E-state index in [2.05, 4.69) is 0 Å². The van der Waals surface area contributed by atoms with E-state index in [9.17, 15) is 9.59 Å². The minimum atomic E-state index is -0.170. The fourth-order valence-corrected chi connectivity index (χ4v) is 2.57. The first kappa shape index (κ1) is 12.8. The third-order valence-corrected chi connectivity index (χ3v) is 3.65. The number of hydrogen-bond acceptors (Lipinski definition) is 2. The van der Waals surface area contributed by atoms with Crippen LogP contribution in [0.2, 0.25) is 0 Å². The molecule has 0 aromatic heterocycles. The molecule has 1 heterocycles. The van der Waals surface area contributed by atoms with Crippen LogP contribution in [0.5, 0.6) is 0 Å². The number of aryl methyl sites for hydroxylation is 2. The minimum Gasteiger partial charge on any atom is -0.274 e. The third-order valence-electron chi connectivity index (χ3n) is 3.65. The molecule has 0 bridgehead atoms. The molecule has 3 nitrogen and oxygen atoms in total. The van der Waals surface area contributed by atoms with Crippen molar-refractivity contribution in [2.45, 2.75) is 34.1 Å². The van der Waals surface area contributed by atoms with Gasteiger partial charge in [0, 0.05) is 6.42 Å². The van der Waals surface area contributed by atoms with Crippen molar-refractivity contribution in [2.75, 3.05) is 4.90 Å². The summed E-state index contributed by atoms with van der Waals surface area (Å²) >= 11 is 0. The molecular weight excluding hydrogens is 226 g/mol. The molecule has 2 amide bonds. The highest BCUT2D eigenvalue weighted by molar-refractivity contribution is 6.21.